The molecule has 5 rings (SSSR count). The van der Waals surface area contributed by atoms with Crippen molar-refractivity contribution >= 4 is 28.9 Å². The van der Waals surface area contributed by atoms with E-state index in [1.54, 1.807) is 0 Å². The molecular formula is C30H37N3O5. The summed E-state index contributed by atoms with van der Waals surface area (Å²) in [5.41, 5.74) is 4.96. The lowest BCUT2D eigenvalue weighted by atomic mass is 9.92. The van der Waals surface area contributed by atoms with E-state index in [0.29, 0.717) is 18.3 Å². The number of anilines is 1. The number of rotatable bonds is 9. The third-order valence-corrected chi connectivity index (χ3v) is 7.06. The number of nitrogens with zero attached hydrogens (tertiary/aromatic N) is 2. The first-order valence-electron chi connectivity index (χ1n) is 13.7. The highest BCUT2D eigenvalue weighted by molar-refractivity contribution is 6.07. The van der Waals surface area contributed by atoms with Crippen molar-refractivity contribution in [1.29, 1.82) is 0 Å². The van der Waals surface area contributed by atoms with Gasteiger partial charge in [-0.2, -0.15) is 0 Å². The number of carbonyl (C=O) groups excluding carboxylic acids is 1. The zero-order chi connectivity index (χ0) is 26.5. The smallest absolute Gasteiger partial charge is 0.411 e. The molecule has 8 heteroatoms. The summed E-state index contributed by atoms with van der Waals surface area (Å²) in [7, 11) is 0. The van der Waals surface area contributed by atoms with Crippen LogP contribution in [0.4, 0.5) is 10.5 Å². The minimum absolute atomic E-state index is 0.175. The summed E-state index contributed by atoms with van der Waals surface area (Å²) in [6.07, 6.45) is 6.64. The lowest BCUT2D eigenvalue weighted by Gasteiger charge is -2.30. The second-order valence-electron chi connectivity index (χ2n) is 10.1. The van der Waals surface area contributed by atoms with Crippen molar-refractivity contribution in [3.05, 3.63) is 48.0 Å². The van der Waals surface area contributed by atoms with Crippen LogP contribution in [0.15, 0.2) is 47.6 Å². The second-order valence-corrected chi connectivity index (χ2v) is 10.1. The molecule has 2 aliphatic rings. The van der Waals surface area contributed by atoms with Crippen LogP contribution in [0.1, 0.15) is 64.5 Å². The van der Waals surface area contributed by atoms with Gasteiger partial charge in [-0.1, -0.05) is 17.3 Å². The molecule has 2 heterocycles. The number of nitrogens with one attached hydrogen (secondary N) is 1. The van der Waals surface area contributed by atoms with Gasteiger partial charge in [-0.05, 0) is 69.9 Å². The molecule has 38 heavy (non-hydrogen) atoms. The van der Waals surface area contributed by atoms with E-state index in [2.05, 4.69) is 33.2 Å². The molecule has 0 atom stereocenters. The molecule has 0 spiro atoms. The Morgan fingerprint density at radius 1 is 1.13 bits per heavy atom. The van der Waals surface area contributed by atoms with Gasteiger partial charge in [0.15, 0.2) is 0 Å². The highest BCUT2D eigenvalue weighted by Crippen LogP contribution is 2.43. The first kappa shape index (κ1) is 26.1. The monoisotopic (exact) mass is 519 g/mol. The van der Waals surface area contributed by atoms with Gasteiger partial charge in [-0.3, -0.25) is 5.32 Å². The fraction of sp³-hybridized carbons (Fsp3) is 0.467. The number of hydrogen-bond acceptors (Lipinski definition) is 6. The number of carbonyl (C=O) groups is 1. The van der Waals surface area contributed by atoms with E-state index in [0.717, 1.165) is 72.4 Å². The highest BCUT2D eigenvalue weighted by atomic mass is 16.6. The van der Waals surface area contributed by atoms with E-state index >= 15 is 0 Å². The molecule has 0 radical (unpaired) electrons. The van der Waals surface area contributed by atoms with E-state index in [-0.39, 0.29) is 12.2 Å². The van der Waals surface area contributed by atoms with Gasteiger partial charge in [0, 0.05) is 41.6 Å². The standard InChI is InChI=1S/C30H37N3O5/c1-4-36-31-19-27-26-13-12-25(38-24-14-16-35-17-15-24)18-28(26)33(23-6-5-7-23)29(27)21-8-10-22(11-9-21)32-30(34)37-20(2)3/h8-13,18-20,23-24H,4-7,14-17H2,1-3H3,(H,32,34). The van der Waals surface area contributed by atoms with Crippen molar-refractivity contribution in [1.82, 2.24) is 4.57 Å². The average Bonchev–Trinajstić information content (AvgIpc) is 3.17. The molecule has 1 amide bonds. The first-order chi connectivity index (χ1) is 18.5. The number of amides is 1. The molecule has 1 aliphatic heterocycles. The van der Waals surface area contributed by atoms with Crippen LogP contribution in [0, 0.1) is 0 Å². The highest BCUT2D eigenvalue weighted by Gasteiger charge is 2.28. The van der Waals surface area contributed by atoms with Gasteiger partial charge in [0.05, 0.1) is 36.7 Å². The van der Waals surface area contributed by atoms with Crippen molar-refractivity contribution in [2.45, 2.75) is 71.1 Å². The SMILES string of the molecule is CCON=Cc1c(-c2ccc(NC(=O)OC(C)C)cc2)n(C2CCC2)c2cc(OC3CCOCC3)ccc12. The second kappa shape index (κ2) is 11.9. The minimum atomic E-state index is -0.460. The van der Waals surface area contributed by atoms with Crippen LogP contribution in [0.2, 0.25) is 0 Å². The number of ether oxygens (including phenoxy) is 3. The summed E-state index contributed by atoms with van der Waals surface area (Å²) in [4.78, 5) is 17.4. The predicted octanol–water partition coefficient (Wildman–Crippen LogP) is 6.92. The summed E-state index contributed by atoms with van der Waals surface area (Å²) < 4.78 is 19.5. The average molecular weight is 520 g/mol. The maximum absolute atomic E-state index is 12.1. The molecular weight excluding hydrogens is 482 g/mol. The summed E-state index contributed by atoms with van der Waals surface area (Å²) in [5.74, 6) is 0.880. The van der Waals surface area contributed by atoms with Crippen molar-refractivity contribution in [3.8, 4) is 17.0 Å². The Balaban J connectivity index is 1.55. The van der Waals surface area contributed by atoms with E-state index < -0.39 is 6.09 Å². The maximum atomic E-state index is 12.1. The minimum Gasteiger partial charge on any atom is -0.490 e. The molecule has 1 saturated carbocycles. The van der Waals surface area contributed by atoms with Crippen molar-refractivity contribution < 1.29 is 23.8 Å². The lowest BCUT2D eigenvalue weighted by molar-refractivity contribution is 0.0256. The Morgan fingerprint density at radius 3 is 2.55 bits per heavy atom. The van der Waals surface area contributed by atoms with Crippen LogP contribution < -0.4 is 10.1 Å². The van der Waals surface area contributed by atoms with E-state index in [4.69, 9.17) is 19.0 Å². The largest absolute Gasteiger partial charge is 0.490 e. The van der Waals surface area contributed by atoms with Crippen molar-refractivity contribution in [2.24, 2.45) is 5.16 Å². The van der Waals surface area contributed by atoms with Gasteiger partial charge < -0.3 is 23.6 Å². The van der Waals surface area contributed by atoms with Gasteiger partial charge in [-0.15, -0.1) is 0 Å². The Labute approximate surface area is 223 Å². The Kier molecular flexibility index (Phi) is 8.17. The summed E-state index contributed by atoms with van der Waals surface area (Å²) in [6.45, 7) is 7.57. The number of oxime groups is 1. The Morgan fingerprint density at radius 2 is 1.89 bits per heavy atom. The zero-order valence-electron chi connectivity index (χ0n) is 22.4. The van der Waals surface area contributed by atoms with E-state index in [1.165, 1.54) is 6.42 Å². The maximum Gasteiger partial charge on any atom is 0.411 e. The fourth-order valence-electron chi connectivity index (χ4n) is 5.06. The molecule has 0 bridgehead atoms. The van der Waals surface area contributed by atoms with Gasteiger partial charge in [0.1, 0.15) is 18.5 Å². The van der Waals surface area contributed by atoms with Gasteiger partial charge in [-0.25, -0.2) is 4.79 Å². The van der Waals surface area contributed by atoms with Crippen LogP contribution >= 0.6 is 0 Å². The lowest BCUT2D eigenvalue weighted by Crippen LogP contribution is -2.25. The van der Waals surface area contributed by atoms with Gasteiger partial charge in [0.2, 0.25) is 0 Å². The van der Waals surface area contributed by atoms with Crippen LogP contribution in [-0.4, -0.2) is 48.9 Å². The van der Waals surface area contributed by atoms with Crippen LogP contribution in [0.5, 0.6) is 5.75 Å². The Hall–Kier alpha value is -3.52. The summed E-state index contributed by atoms with van der Waals surface area (Å²) in [5, 5.41) is 8.17. The van der Waals surface area contributed by atoms with Crippen molar-refractivity contribution in [2.75, 3.05) is 25.1 Å². The number of aromatic nitrogens is 1. The van der Waals surface area contributed by atoms with Crippen molar-refractivity contribution in [3.63, 3.8) is 0 Å². The summed E-state index contributed by atoms with van der Waals surface area (Å²) in [6, 6.07) is 14.6. The molecule has 8 nitrogen and oxygen atoms in total. The number of hydrogen-bond donors (Lipinski definition) is 1. The third-order valence-electron chi connectivity index (χ3n) is 7.06. The molecule has 1 aliphatic carbocycles. The first-order valence-corrected chi connectivity index (χ1v) is 13.7. The number of benzene rings is 2. The van der Waals surface area contributed by atoms with E-state index in [9.17, 15) is 4.79 Å². The molecule has 2 fully saturated rings. The normalized spacial score (nSPS) is 16.6. The molecule has 1 N–H and O–H groups in total. The third kappa shape index (κ3) is 5.80. The molecule has 0 unspecified atom stereocenters. The summed E-state index contributed by atoms with van der Waals surface area (Å²) >= 11 is 0. The fourth-order valence-corrected chi connectivity index (χ4v) is 5.06. The number of fused-ring (bicyclic) bond motifs is 1. The Bertz CT molecular complexity index is 1270. The quantitative estimate of drug-likeness (QED) is 0.245. The molecule has 202 valence electrons. The zero-order valence-corrected chi connectivity index (χ0v) is 22.4. The molecule has 2 aromatic carbocycles. The van der Waals surface area contributed by atoms with Gasteiger partial charge >= 0.3 is 6.09 Å². The molecule has 1 aromatic heterocycles. The van der Waals surface area contributed by atoms with Crippen LogP contribution in [0.25, 0.3) is 22.2 Å². The molecule has 1 saturated heterocycles. The molecule has 3 aromatic rings. The predicted molar refractivity (Wildman–Crippen MR) is 149 cm³/mol. The van der Waals surface area contributed by atoms with Crippen LogP contribution in [-0.2, 0) is 14.3 Å². The topological polar surface area (TPSA) is 83.3 Å². The van der Waals surface area contributed by atoms with E-state index in [1.807, 2.05) is 51.3 Å². The van der Waals surface area contributed by atoms with Gasteiger partial charge in [0.25, 0.3) is 0 Å². The van der Waals surface area contributed by atoms with Crippen LogP contribution in [0.3, 0.4) is 0 Å².